The molecule has 0 spiro atoms. The standard InChI is InChI=1S/C22H24N2O8S/c1-5-32-18-11-13(9-10-17(18)30-2)16(12-33(4,28)29)24-20(25)14-7-6-8-15(19(14)21(24)26)23-22(27)31-3/h6-11,16H,5,12H2,1-4H3,(H,23,27). The van der Waals surface area contributed by atoms with E-state index in [9.17, 15) is 22.8 Å². The molecular formula is C22H24N2O8S. The smallest absolute Gasteiger partial charge is 0.411 e. The zero-order chi connectivity index (χ0) is 24.3. The highest BCUT2D eigenvalue weighted by molar-refractivity contribution is 7.90. The van der Waals surface area contributed by atoms with Gasteiger partial charge in [-0.3, -0.25) is 19.8 Å². The summed E-state index contributed by atoms with van der Waals surface area (Å²) in [4.78, 5) is 39.3. The summed E-state index contributed by atoms with van der Waals surface area (Å²) in [6, 6.07) is 7.97. The number of benzene rings is 2. The first-order valence-electron chi connectivity index (χ1n) is 9.95. The topological polar surface area (TPSA) is 128 Å². The van der Waals surface area contributed by atoms with Gasteiger partial charge in [-0.15, -0.1) is 0 Å². The van der Waals surface area contributed by atoms with Crippen molar-refractivity contribution in [3.8, 4) is 11.5 Å². The van der Waals surface area contributed by atoms with Gasteiger partial charge in [0.2, 0.25) is 0 Å². The Morgan fingerprint density at radius 2 is 1.82 bits per heavy atom. The lowest BCUT2D eigenvalue weighted by Crippen LogP contribution is -2.37. The van der Waals surface area contributed by atoms with E-state index >= 15 is 0 Å². The number of imide groups is 1. The molecule has 2 aromatic carbocycles. The van der Waals surface area contributed by atoms with E-state index in [-0.39, 0.29) is 16.8 Å². The summed E-state index contributed by atoms with van der Waals surface area (Å²) in [6.45, 7) is 2.10. The van der Waals surface area contributed by atoms with Crippen molar-refractivity contribution in [2.45, 2.75) is 13.0 Å². The fraction of sp³-hybridized carbons (Fsp3) is 0.318. The van der Waals surface area contributed by atoms with E-state index in [1.54, 1.807) is 25.1 Å². The number of carbonyl (C=O) groups is 3. The summed E-state index contributed by atoms with van der Waals surface area (Å²) in [7, 11) is -0.995. The minimum absolute atomic E-state index is 0.0371. The van der Waals surface area contributed by atoms with Crippen LogP contribution in [0.1, 0.15) is 39.2 Å². The summed E-state index contributed by atoms with van der Waals surface area (Å²) < 4.78 is 40.0. The van der Waals surface area contributed by atoms with Crippen molar-refractivity contribution in [3.05, 3.63) is 53.1 Å². The first-order chi connectivity index (χ1) is 15.6. The number of nitrogens with one attached hydrogen (secondary N) is 1. The largest absolute Gasteiger partial charge is 0.493 e. The molecule has 1 heterocycles. The van der Waals surface area contributed by atoms with Crippen LogP contribution in [-0.2, 0) is 14.6 Å². The van der Waals surface area contributed by atoms with Gasteiger partial charge >= 0.3 is 6.09 Å². The Morgan fingerprint density at radius 1 is 1.09 bits per heavy atom. The Balaban J connectivity index is 2.12. The quantitative estimate of drug-likeness (QED) is 0.576. The Morgan fingerprint density at radius 3 is 2.42 bits per heavy atom. The average molecular weight is 477 g/mol. The maximum atomic E-state index is 13.4. The van der Waals surface area contributed by atoms with Crippen molar-refractivity contribution in [2.24, 2.45) is 0 Å². The number of rotatable bonds is 8. The predicted molar refractivity (Wildman–Crippen MR) is 120 cm³/mol. The molecule has 0 saturated heterocycles. The van der Waals surface area contributed by atoms with Gasteiger partial charge in [0, 0.05) is 6.26 Å². The van der Waals surface area contributed by atoms with Crippen molar-refractivity contribution in [2.75, 3.05) is 38.2 Å². The van der Waals surface area contributed by atoms with Crippen molar-refractivity contribution >= 4 is 33.4 Å². The summed E-state index contributed by atoms with van der Waals surface area (Å²) in [5.41, 5.74) is 0.473. The number of nitrogens with zero attached hydrogens (tertiary/aromatic N) is 1. The van der Waals surface area contributed by atoms with Crippen LogP contribution >= 0.6 is 0 Å². The van der Waals surface area contributed by atoms with Crippen LogP contribution in [0, 0.1) is 0 Å². The zero-order valence-corrected chi connectivity index (χ0v) is 19.4. The minimum atomic E-state index is -3.62. The SMILES string of the molecule is CCOc1cc(C(CS(C)(=O)=O)N2C(=O)c3cccc(NC(=O)OC)c3C2=O)ccc1OC. The zero-order valence-electron chi connectivity index (χ0n) is 18.6. The molecule has 0 aromatic heterocycles. The number of amides is 3. The second-order valence-electron chi connectivity index (χ2n) is 7.28. The lowest BCUT2D eigenvalue weighted by Gasteiger charge is -2.27. The van der Waals surface area contributed by atoms with Crippen LogP contribution in [0.2, 0.25) is 0 Å². The van der Waals surface area contributed by atoms with Gasteiger partial charge in [-0.25, -0.2) is 13.2 Å². The lowest BCUT2D eigenvalue weighted by atomic mass is 10.1. The van der Waals surface area contributed by atoms with Crippen LogP contribution in [0.4, 0.5) is 10.5 Å². The highest BCUT2D eigenvalue weighted by Crippen LogP contribution is 2.38. The van der Waals surface area contributed by atoms with Gasteiger partial charge in [0.15, 0.2) is 11.5 Å². The van der Waals surface area contributed by atoms with E-state index in [1.807, 2.05) is 0 Å². The molecule has 2 aromatic rings. The van der Waals surface area contributed by atoms with Gasteiger partial charge < -0.3 is 14.2 Å². The molecule has 1 aliphatic rings. The third-order valence-electron chi connectivity index (χ3n) is 5.01. The fourth-order valence-corrected chi connectivity index (χ4v) is 4.54. The van der Waals surface area contributed by atoms with Gasteiger partial charge in [0.05, 0.1) is 49.4 Å². The van der Waals surface area contributed by atoms with Crippen LogP contribution in [0.5, 0.6) is 11.5 Å². The molecule has 176 valence electrons. The number of carbonyl (C=O) groups excluding carboxylic acids is 3. The van der Waals surface area contributed by atoms with Gasteiger partial charge in [-0.2, -0.15) is 0 Å². The molecule has 3 rings (SSSR count). The van der Waals surface area contributed by atoms with Crippen LogP contribution in [0.3, 0.4) is 0 Å². The highest BCUT2D eigenvalue weighted by Gasteiger charge is 2.43. The molecule has 1 aliphatic heterocycles. The van der Waals surface area contributed by atoms with E-state index in [1.165, 1.54) is 32.4 Å². The summed E-state index contributed by atoms with van der Waals surface area (Å²) in [6.07, 6.45) is 0.210. The van der Waals surface area contributed by atoms with E-state index in [0.717, 1.165) is 11.2 Å². The number of anilines is 1. The molecule has 0 fully saturated rings. The second-order valence-corrected chi connectivity index (χ2v) is 9.46. The monoisotopic (exact) mass is 476 g/mol. The molecule has 33 heavy (non-hydrogen) atoms. The maximum Gasteiger partial charge on any atom is 0.411 e. The fourth-order valence-electron chi connectivity index (χ4n) is 3.63. The molecular weight excluding hydrogens is 452 g/mol. The summed E-state index contributed by atoms with van der Waals surface area (Å²) >= 11 is 0. The second kappa shape index (κ2) is 9.49. The Bertz CT molecular complexity index is 1210. The number of sulfone groups is 1. The third kappa shape index (κ3) is 4.92. The number of ether oxygens (including phenoxy) is 3. The normalized spacial score (nSPS) is 14.0. The van der Waals surface area contributed by atoms with Crippen molar-refractivity contribution in [1.82, 2.24) is 4.90 Å². The number of hydrogen-bond donors (Lipinski definition) is 1. The van der Waals surface area contributed by atoms with Gasteiger partial charge in [-0.05, 0) is 36.8 Å². The molecule has 0 saturated carbocycles. The third-order valence-corrected chi connectivity index (χ3v) is 5.93. The predicted octanol–water partition coefficient (Wildman–Crippen LogP) is 2.65. The van der Waals surface area contributed by atoms with Crippen LogP contribution in [0.25, 0.3) is 0 Å². The van der Waals surface area contributed by atoms with Gasteiger partial charge in [0.25, 0.3) is 11.8 Å². The molecule has 1 unspecified atom stereocenters. The molecule has 0 radical (unpaired) electrons. The number of fused-ring (bicyclic) bond motifs is 1. The molecule has 0 aliphatic carbocycles. The molecule has 1 N–H and O–H groups in total. The molecule has 1 atom stereocenters. The lowest BCUT2D eigenvalue weighted by molar-refractivity contribution is 0.0597. The molecule has 3 amide bonds. The molecule has 11 heteroatoms. The number of hydrogen-bond acceptors (Lipinski definition) is 8. The molecule has 0 bridgehead atoms. The van der Waals surface area contributed by atoms with Crippen LogP contribution < -0.4 is 14.8 Å². The van der Waals surface area contributed by atoms with Crippen molar-refractivity contribution < 1.29 is 37.0 Å². The maximum absolute atomic E-state index is 13.4. The van der Waals surface area contributed by atoms with Crippen LogP contribution in [0.15, 0.2) is 36.4 Å². The van der Waals surface area contributed by atoms with E-state index in [4.69, 9.17) is 9.47 Å². The molecule has 10 nitrogen and oxygen atoms in total. The minimum Gasteiger partial charge on any atom is -0.493 e. The summed E-state index contributed by atoms with van der Waals surface area (Å²) in [5, 5.41) is 2.42. The Hall–Kier alpha value is -3.60. The van der Waals surface area contributed by atoms with Gasteiger partial charge in [0.1, 0.15) is 9.84 Å². The van der Waals surface area contributed by atoms with E-state index < -0.39 is 39.5 Å². The van der Waals surface area contributed by atoms with Crippen molar-refractivity contribution in [3.63, 3.8) is 0 Å². The first-order valence-corrected chi connectivity index (χ1v) is 12.0. The first kappa shape index (κ1) is 24.1. The Labute approximate surface area is 191 Å². The van der Waals surface area contributed by atoms with E-state index in [2.05, 4.69) is 10.1 Å². The van der Waals surface area contributed by atoms with Gasteiger partial charge in [-0.1, -0.05) is 12.1 Å². The average Bonchev–Trinajstić information content (AvgIpc) is 3.02. The van der Waals surface area contributed by atoms with E-state index in [0.29, 0.717) is 23.7 Å². The van der Waals surface area contributed by atoms with Crippen LogP contribution in [-0.4, -0.2) is 64.1 Å². The number of methoxy groups -OCH3 is 2. The summed E-state index contributed by atoms with van der Waals surface area (Å²) in [5.74, 6) is -1.14. The Kier molecular flexibility index (Phi) is 6.92. The van der Waals surface area contributed by atoms with Crippen molar-refractivity contribution in [1.29, 1.82) is 0 Å². The highest BCUT2D eigenvalue weighted by atomic mass is 32.2.